The molecule has 0 aromatic heterocycles. The molecular formula is C15H21NO3S. The molecule has 1 atom stereocenters. The van der Waals surface area contributed by atoms with Crippen molar-refractivity contribution in [2.24, 2.45) is 5.92 Å². The third-order valence-electron chi connectivity index (χ3n) is 3.22. The van der Waals surface area contributed by atoms with Crippen molar-refractivity contribution in [3.8, 4) is 11.5 Å². The van der Waals surface area contributed by atoms with Crippen molar-refractivity contribution in [3.63, 3.8) is 0 Å². The van der Waals surface area contributed by atoms with Crippen molar-refractivity contribution in [3.05, 3.63) is 23.8 Å². The van der Waals surface area contributed by atoms with E-state index in [-0.39, 0.29) is 17.1 Å². The molecule has 0 bridgehead atoms. The number of rotatable bonds is 5. The van der Waals surface area contributed by atoms with Gasteiger partial charge in [-0.05, 0) is 30.0 Å². The van der Waals surface area contributed by atoms with Gasteiger partial charge in [-0.2, -0.15) is 12.6 Å². The van der Waals surface area contributed by atoms with Gasteiger partial charge in [0, 0.05) is 6.54 Å². The van der Waals surface area contributed by atoms with Crippen LogP contribution in [0, 0.1) is 5.92 Å². The average Bonchev–Trinajstić information content (AvgIpc) is 2.46. The van der Waals surface area contributed by atoms with Crippen molar-refractivity contribution in [1.29, 1.82) is 0 Å². The first kappa shape index (κ1) is 15.0. The molecule has 1 N–H and O–H groups in total. The van der Waals surface area contributed by atoms with Crippen molar-refractivity contribution in [1.82, 2.24) is 5.32 Å². The highest BCUT2D eigenvalue weighted by Gasteiger charge is 2.17. The van der Waals surface area contributed by atoms with E-state index in [0.717, 1.165) is 23.5 Å². The van der Waals surface area contributed by atoms with Gasteiger partial charge < -0.3 is 14.8 Å². The zero-order valence-electron chi connectivity index (χ0n) is 11.9. The molecule has 1 aliphatic heterocycles. The summed E-state index contributed by atoms with van der Waals surface area (Å²) in [6.45, 7) is 5.75. The largest absolute Gasteiger partial charge is 0.486 e. The van der Waals surface area contributed by atoms with E-state index >= 15 is 0 Å². The van der Waals surface area contributed by atoms with Gasteiger partial charge in [-0.3, -0.25) is 4.79 Å². The first-order valence-electron chi connectivity index (χ1n) is 6.92. The lowest BCUT2D eigenvalue weighted by atomic mass is 10.1. The van der Waals surface area contributed by atoms with E-state index in [1.807, 2.05) is 32.0 Å². The maximum absolute atomic E-state index is 11.8. The Balaban J connectivity index is 1.84. The monoisotopic (exact) mass is 295 g/mol. The minimum atomic E-state index is -0.254. The number of carbonyl (C=O) groups excluding carboxylic acids is 1. The van der Waals surface area contributed by atoms with Crippen LogP contribution in [0.1, 0.15) is 19.4 Å². The summed E-state index contributed by atoms with van der Waals surface area (Å²) in [6, 6.07) is 5.89. The minimum Gasteiger partial charge on any atom is -0.486 e. The molecule has 1 aromatic rings. The molecule has 2 rings (SSSR count). The van der Waals surface area contributed by atoms with Gasteiger partial charge in [0.1, 0.15) is 13.2 Å². The Morgan fingerprint density at radius 1 is 1.30 bits per heavy atom. The van der Waals surface area contributed by atoms with Crippen molar-refractivity contribution >= 4 is 18.5 Å². The molecule has 0 aliphatic carbocycles. The molecule has 5 heteroatoms. The van der Waals surface area contributed by atoms with E-state index in [1.165, 1.54) is 0 Å². The summed E-state index contributed by atoms with van der Waals surface area (Å²) in [6.07, 6.45) is 0.765. The lowest BCUT2D eigenvalue weighted by molar-refractivity contribution is -0.121. The molecule has 1 aromatic carbocycles. The molecule has 1 amide bonds. The number of amides is 1. The van der Waals surface area contributed by atoms with E-state index in [4.69, 9.17) is 9.47 Å². The summed E-state index contributed by atoms with van der Waals surface area (Å²) in [4.78, 5) is 11.8. The second-order valence-corrected chi connectivity index (χ2v) is 5.76. The fourth-order valence-electron chi connectivity index (χ4n) is 1.98. The topological polar surface area (TPSA) is 47.6 Å². The van der Waals surface area contributed by atoms with Gasteiger partial charge in [-0.15, -0.1) is 0 Å². The molecular weight excluding hydrogens is 274 g/mol. The second kappa shape index (κ2) is 6.88. The van der Waals surface area contributed by atoms with Gasteiger partial charge in [0.05, 0.1) is 5.25 Å². The number of thiol groups is 1. The third kappa shape index (κ3) is 3.82. The van der Waals surface area contributed by atoms with Crippen LogP contribution < -0.4 is 14.8 Å². The van der Waals surface area contributed by atoms with Crippen LogP contribution in [-0.4, -0.2) is 30.9 Å². The summed E-state index contributed by atoms with van der Waals surface area (Å²) in [7, 11) is 0. The van der Waals surface area contributed by atoms with E-state index in [1.54, 1.807) is 0 Å². The molecule has 0 radical (unpaired) electrons. The number of benzene rings is 1. The van der Waals surface area contributed by atoms with Gasteiger partial charge >= 0.3 is 0 Å². The van der Waals surface area contributed by atoms with Crippen LogP contribution in [0.4, 0.5) is 0 Å². The van der Waals surface area contributed by atoms with Gasteiger partial charge in [0.15, 0.2) is 11.5 Å². The summed E-state index contributed by atoms with van der Waals surface area (Å²) < 4.78 is 11.0. The number of nitrogens with one attached hydrogen (secondary N) is 1. The summed E-state index contributed by atoms with van der Waals surface area (Å²) in [5.41, 5.74) is 1.12. The fourth-order valence-corrected chi connectivity index (χ4v) is 2.07. The normalized spacial score (nSPS) is 15.0. The van der Waals surface area contributed by atoms with Crippen LogP contribution in [0.25, 0.3) is 0 Å². The van der Waals surface area contributed by atoms with Gasteiger partial charge in [0.25, 0.3) is 0 Å². The number of carbonyl (C=O) groups is 1. The average molecular weight is 295 g/mol. The van der Waals surface area contributed by atoms with Crippen molar-refractivity contribution < 1.29 is 14.3 Å². The highest BCUT2D eigenvalue weighted by molar-refractivity contribution is 7.81. The Kier molecular flexibility index (Phi) is 5.17. The molecule has 0 fully saturated rings. The lowest BCUT2D eigenvalue weighted by Crippen LogP contribution is -2.35. The molecule has 4 nitrogen and oxygen atoms in total. The predicted molar refractivity (Wildman–Crippen MR) is 81.8 cm³/mol. The minimum absolute atomic E-state index is 0.0131. The third-order valence-corrected chi connectivity index (χ3v) is 4.05. The molecule has 0 saturated heterocycles. The maximum atomic E-state index is 11.8. The Labute approximate surface area is 125 Å². The smallest absolute Gasteiger partial charge is 0.233 e. The van der Waals surface area contributed by atoms with Crippen LogP contribution in [0.2, 0.25) is 0 Å². The van der Waals surface area contributed by atoms with Gasteiger partial charge in [0.2, 0.25) is 5.91 Å². The summed E-state index contributed by atoms with van der Waals surface area (Å²) in [5.74, 6) is 1.79. The Bertz CT molecular complexity index is 476. The molecule has 1 heterocycles. The first-order valence-corrected chi connectivity index (χ1v) is 7.44. The lowest BCUT2D eigenvalue weighted by Gasteiger charge is -2.19. The van der Waals surface area contributed by atoms with Crippen LogP contribution in [0.15, 0.2) is 18.2 Å². The number of ether oxygens (including phenoxy) is 2. The number of hydrogen-bond acceptors (Lipinski definition) is 4. The Hall–Kier alpha value is -1.36. The van der Waals surface area contributed by atoms with E-state index in [9.17, 15) is 4.79 Å². The number of hydrogen-bond donors (Lipinski definition) is 2. The highest BCUT2D eigenvalue weighted by Crippen LogP contribution is 2.30. The van der Waals surface area contributed by atoms with Crippen molar-refractivity contribution in [2.75, 3.05) is 19.8 Å². The van der Waals surface area contributed by atoms with Crippen LogP contribution in [0.3, 0.4) is 0 Å². The zero-order valence-corrected chi connectivity index (χ0v) is 12.8. The molecule has 110 valence electrons. The van der Waals surface area contributed by atoms with Crippen LogP contribution in [0.5, 0.6) is 11.5 Å². The number of fused-ring (bicyclic) bond motifs is 1. The highest BCUT2D eigenvalue weighted by atomic mass is 32.1. The van der Waals surface area contributed by atoms with Gasteiger partial charge in [-0.25, -0.2) is 0 Å². The maximum Gasteiger partial charge on any atom is 0.233 e. The van der Waals surface area contributed by atoms with E-state index in [0.29, 0.717) is 19.8 Å². The van der Waals surface area contributed by atoms with Crippen molar-refractivity contribution in [2.45, 2.75) is 25.5 Å². The first-order chi connectivity index (χ1) is 9.58. The quantitative estimate of drug-likeness (QED) is 0.818. The van der Waals surface area contributed by atoms with E-state index in [2.05, 4.69) is 17.9 Å². The van der Waals surface area contributed by atoms with Crippen LogP contribution >= 0.6 is 12.6 Å². The second-order valence-electron chi connectivity index (χ2n) is 5.21. The molecule has 1 aliphatic rings. The molecule has 0 saturated carbocycles. The zero-order chi connectivity index (χ0) is 14.5. The Morgan fingerprint density at radius 2 is 2.00 bits per heavy atom. The Morgan fingerprint density at radius 3 is 2.70 bits per heavy atom. The van der Waals surface area contributed by atoms with Gasteiger partial charge in [-0.1, -0.05) is 19.9 Å². The summed E-state index contributed by atoms with van der Waals surface area (Å²) in [5, 5.41) is 2.65. The molecule has 1 unspecified atom stereocenters. The SMILES string of the molecule is CC(C)C(S)C(=O)NCCc1ccc2c(c1)OCCO2. The molecule has 0 spiro atoms. The van der Waals surface area contributed by atoms with E-state index < -0.39 is 0 Å². The fraction of sp³-hybridized carbons (Fsp3) is 0.533. The standard InChI is InChI=1S/C15H21NO3S/c1-10(2)14(20)15(17)16-6-5-11-3-4-12-13(9-11)19-8-7-18-12/h3-4,9-10,14,20H,5-8H2,1-2H3,(H,16,17). The predicted octanol–water partition coefficient (Wildman–Crippen LogP) is 2.07. The van der Waals surface area contributed by atoms with Crippen LogP contribution in [-0.2, 0) is 11.2 Å². The summed E-state index contributed by atoms with van der Waals surface area (Å²) >= 11 is 4.30. The molecule has 20 heavy (non-hydrogen) atoms.